The van der Waals surface area contributed by atoms with Gasteiger partial charge in [-0.05, 0) is 12.1 Å². The van der Waals surface area contributed by atoms with Crippen LogP contribution in [-0.4, -0.2) is 23.2 Å². The van der Waals surface area contributed by atoms with Crippen molar-refractivity contribution in [3.05, 3.63) is 24.0 Å². The van der Waals surface area contributed by atoms with Gasteiger partial charge in [0.2, 0.25) is 0 Å². The second kappa shape index (κ2) is 3.92. The van der Waals surface area contributed by atoms with Crippen LogP contribution in [0.3, 0.4) is 0 Å². The van der Waals surface area contributed by atoms with Crippen molar-refractivity contribution in [2.75, 3.05) is 23.1 Å². The van der Waals surface area contributed by atoms with Crippen LogP contribution in [0.15, 0.2) is 18.3 Å². The van der Waals surface area contributed by atoms with Gasteiger partial charge in [0.1, 0.15) is 5.69 Å². The van der Waals surface area contributed by atoms with Gasteiger partial charge in [-0.2, -0.15) is 13.2 Å². The van der Waals surface area contributed by atoms with Gasteiger partial charge >= 0.3 is 6.18 Å². The molecule has 2 rings (SSSR count). The largest absolute Gasteiger partial charge is 0.433 e. The van der Waals surface area contributed by atoms with Crippen LogP contribution in [0.2, 0.25) is 0 Å². The van der Waals surface area contributed by atoms with Gasteiger partial charge < -0.3 is 4.90 Å². The van der Waals surface area contributed by atoms with E-state index in [1.165, 1.54) is 12.3 Å². The summed E-state index contributed by atoms with van der Waals surface area (Å²) in [7, 11) is 0. The molecule has 1 fully saturated rings. The highest BCUT2D eigenvalue weighted by Gasteiger charge is 2.32. The Morgan fingerprint density at radius 3 is 2.60 bits per heavy atom. The summed E-state index contributed by atoms with van der Waals surface area (Å²) in [6.45, 7) is 0.873. The molecule has 1 aromatic rings. The summed E-state index contributed by atoms with van der Waals surface area (Å²) in [6, 6.07) is 2.50. The Labute approximate surface area is 89.5 Å². The van der Waals surface area contributed by atoms with E-state index in [2.05, 4.69) is 4.98 Å². The number of halogens is 3. The van der Waals surface area contributed by atoms with Crippen molar-refractivity contribution in [3.8, 4) is 0 Å². The van der Waals surface area contributed by atoms with Crippen LogP contribution in [0.1, 0.15) is 5.69 Å². The molecule has 1 saturated heterocycles. The molecule has 1 aliphatic heterocycles. The summed E-state index contributed by atoms with van der Waals surface area (Å²) in [5, 5.41) is 0. The fraction of sp³-hybridized carbons (Fsp3) is 0.444. The highest BCUT2D eigenvalue weighted by molar-refractivity contribution is 7.99. The number of nitrogens with zero attached hydrogens (tertiary/aromatic N) is 2. The number of rotatable bonds is 1. The minimum atomic E-state index is -4.35. The van der Waals surface area contributed by atoms with E-state index in [1.807, 2.05) is 4.90 Å². The molecule has 0 aliphatic carbocycles. The van der Waals surface area contributed by atoms with E-state index in [0.29, 0.717) is 0 Å². The molecule has 0 aromatic carbocycles. The highest BCUT2D eigenvalue weighted by Crippen LogP contribution is 2.29. The van der Waals surface area contributed by atoms with Gasteiger partial charge in [-0.15, -0.1) is 11.8 Å². The van der Waals surface area contributed by atoms with Gasteiger partial charge in [0, 0.05) is 12.3 Å². The van der Waals surface area contributed by atoms with Crippen molar-refractivity contribution in [1.82, 2.24) is 4.98 Å². The maximum absolute atomic E-state index is 12.2. The third-order valence-corrected chi connectivity index (χ3v) is 3.12. The molecule has 0 amide bonds. The van der Waals surface area contributed by atoms with Crippen LogP contribution in [0.25, 0.3) is 0 Å². The zero-order valence-corrected chi connectivity index (χ0v) is 8.61. The minimum absolute atomic E-state index is 0.757. The fourth-order valence-corrected chi connectivity index (χ4v) is 2.34. The van der Waals surface area contributed by atoms with E-state index in [0.717, 1.165) is 29.9 Å². The Morgan fingerprint density at radius 2 is 2.13 bits per heavy atom. The molecule has 2 heterocycles. The van der Waals surface area contributed by atoms with Crippen LogP contribution >= 0.6 is 11.8 Å². The van der Waals surface area contributed by atoms with Crippen molar-refractivity contribution >= 4 is 17.4 Å². The summed E-state index contributed by atoms with van der Waals surface area (Å²) < 4.78 is 36.6. The molecular formula is C9H9F3N2S. The van der Waals surface area contributed by atoms with Gasteiger partial charge in [-0.1, -0.05) is 0 Å². The number of anilines is 1. The van der Waals surface area contributed by atoms with Crippen LogP contribution in [0, 0.1) is 0 Å². The second-order valence-corrected chi connectivity index (χ2v) is 4.27. The average Bonchev–Trinajstić information content (AvgIpc) is 2.69. The van der Waals surface area contributed by atoms with Crippen molar-refractivity contribution in [1.29, 1.82) is 0 Å². The first kappa shape index (κ1) is 10.6. The molecule has 0 saturated carbocycles. The number of thioether (sulfide) groups is 1. The number of hydrogen-bond donors (Lipinski definition) is 0. The highest BCUT2D eigenvalue weighted by atomic mass is 32.2. The van der Waals surface area contributed by atoms with Crippen molar-refractivity contribution in [2.45, 2.75) is 6.18 Å². The Bertz CT molecular complexity index is 330. The molecular weight excluding hydrogens is 225 g/mol. The fourth-order valence-electron chi connectivity index (χ4n) is 1.36. The van der Waals surface area contributed by atoms with Gasteiger partial charge in [0.25, 0.3) is 0 Å². The van der Waals surface area contributed by atoms with Crippen LogP contribution in [-0.2, 0) is 6.18 Å². The standard InChI is InChI=1S/C9H9F3N2S/c10-9(11,12)8-2-1-7(5-13-8)14-3-4-15-6-14/h1-2,5H,3-4,6H2. The Kier molecular flexibility index (Phi) is 2.77. The lowest BCUT2D eigenvalue weighted by atomic mass is 10.3. The molecule has 82 valence electrons. The van der Waals surface area contributed by atoms with Crippen molar-refractivity contribution in [2.24, 2.45) is 0 Å². The van der Waals surface area contributed by atoms with E-state index in [1.54, 1.807) is 11.8 Å². The van der Waals surface area contributed by atoms with E-state index in [4.69, 9.17) is 0 Å². The van der Waals surface area contributed by atoms with E-state index in [-0.39, 0.29) is 0 Å². The van der Waals surface area contributed by atoms with E-state index < -0.39 is 11.9 Å². The molecule has 6 heteroatoms. The Morgan fingerprint density at radius 1 is 1.33 bits per heavy atom. The predicted octanol–water partition coefficient (Wildman–Crippen LogP) is 2.61. The molecule has 15 heavy (non-hydrogen) atoms. The summed E-state index contributed by atoms with van der Waals surface area (Å²) >= 11 is 1.76. The first-order chi connectivity index (χ1) is 7.07. The number of aromatic nitrogens is 1. The summed E-state index contributed by atoms with van der Waals surface area (Å²) in [6.07, 6.45) is -3.06. The zero-order valence-electron chi connectivity index (χ0n) is 7.79. The topological polar surface area (TPSA) is 16.1 Å². The Balaban J connectivity index is 2.16. The lowest BCUT2D eigenvalue weighted by molar-refractivity contribution is -0.141. The average molecular weight is 234 g/mol. The van der Waals surface area contributed by atoms with Gasteiger partial charge in [-0.25, -0.2) is 4.98 Å². The monoisotopic (exact) mass is 234 g/mol. The third-order valence-electron chi connectivity index (χ3n) is 2.16. The molecule has 0 atom stereocenters. The minimum Gasteiger partial charge on any atom is -0.360 e. The number of pyridine rings is 1. The maximum Gasteiger partial charge on any atom is 0.433 e. The summed E-state index contributed by atoms with van der Waals surface area (Å²) in [5.41, 5.74) is -0.0777. The zero-order chi connectivity index (χ0) is 10.9. The summed E-state index contributed by atoms with van der Waals surface area (Å²) in [4.78, 5) is 5.43. The summed E-state index contributed by atoms with van der Waals surface area (Å²) in [5.74, 6) is 1.84. The molecule has 0 unspecified atom stereocenters. The van der Waals surface area contributed by atoms with Gasteiger partial charge in [-0.3, -0.25) is 0 Å². The van der Waals surface area contributed by atoms with Crippen molar-refractivity contribution in [3.63, 3.8) is 0 Å². The predicted molar refractivity (Wildman–Crippen MR) is 53.9 cm³/mol. The molecule has 0 bridgehead atoms. The van der Waals surface area contributed by atoms with Gasteiger partial charge in [0.15, 0.2) is 0 Å². The first-order valence-electron chi connectivity index (χ1n) is 4.43. The molecule has 2 nitrogen and oxygen atoms in total. The first-order valence-corrected chi connectivity index (χ1v) is 5.59. The van der Waals surface area contributed by atoms with E-state index >= 15 is 0 Å². The molecule has 1 aliphatic rings. The lowest BCUT2D eigenvalue weighted by Crippen LogP contribution is -2.18. The smallest absolute Gasteiger partial charge is 0.360 e. The molecule has 1 aromatic heterocycles. The maximum atomic E-state index is 12.2. The second-order valence-electron chi connectivity index (χ2n) is 3.20. The van der Waals surface area contributed by atoms with Crippen molar-refractivity contribution < 1.29 is 13.2 Å². The van der Waals surface area contributed by atoms with Crippen LogP contribution in [0.4, 0.5) is 18.9 Å². The molecule has 0 radical (unpaired) electrons. The molecule has 0 spiro atoms. The number of hydrogen-bond acceptors (Lipinski definition) is 3. The van der Waals surface area contributed by atoms with E-state index in [9.17, 15) is 13.2 Å². The Hall–Kier alpha value is -0.910. The van der Waals surface area contributed by atoms with Crippen LogP contribution < -0.4 is 4.90 Å². The van der Waals surface area contributed by atoms with Crippen LogP contribution in [0.5, 0.6) is 0 Å². The SMILES string of the molecule is FC(F)(F)c1ccc(N2CCSC2)cn1. The normalized spacial score (nSPS) is 17.1. The quantitative estimate of drug-likeness (QED) is 0.743. The number of alkyl halides is 3. The molecule has 0 N–H and O–H groups in total. The lowest BCUT2D eigenvalue weighted by Gasteiger charge is -2.16. The van der Waals surface area contributed by atoms with Gasteiger partial charge in [0.05, 0.1) is 17.8 Å². The third kappa shape index (κ3) is 2.37.